The van der Waals surface area contributed by atoms with Crippen LogP contribution in [-0.4, -0.2) is 52.3 Å². The van der Waals surface area contributed by atoms with E-state index in [9.17, 15) is 9.59 Å². The smallest absolute Gasteiger partial charge is 0.338 e. The van der Waals surface area contributed by atoms with Crippen molar-refractivity contribution in [3.05, 3.63) is 52.7 Å². The fourth-order valence-corrected chi connectivity index (χ4v) is 6.45. The third-order valence-electron chi connectivity index (χ3n) is 7.78. The van der Waals surface area contributed by atoms with E-state index < -0.39 is 0 Å². The zero-order valence-electron chi connectivity index (χ0n) is 18.7. The second kappa shape index (κ2) is 7.88. The van der Waals surface area contributed by atoms with Gasteiger partial charge in [-0.1, -0.05) is 6.07 Å². The van der Waals surface area contributed by atoms with E-state index >= 15 is 0 Å². The van der Waals surface area contributed by atoms with Crippen molar-refractivity contribution in [3.63, 3.8) is 0 Å². The maximum atomic E-state index is 13.5. The number of piperidine rings is 1. The summed E-state index contributed by atoms with van der Waals surface area (Å²) in [7, 11) is 0. The highest BCUT2D eigenvalue weighted by atomic mass is 32.1. The Morgan fingerprint density at radius 3 is 2.79 bits per heavy atom. The first-order valence-corrected chi connectivity index (χ1v) is 12.4. The summed E-state index contributed by atoms with van der Waals surface area (Å²) in [5, 5.41) is 1.92. The fourth-order valence-electron chi connectivity index (χ4n) is 5.60. The lowest BCUT2D eigenvalue weighted by molar-refractivity contribution is -0.127. The van der Waals surface area contributed by atoms with E-state index in [2.05, 4.69) is 27.2 Å². The van der Waals surface area contributed by atoms with E-state index in [0.717, 1.165) is 73.5 Å². The standard InChI is InChI=1S/C25H26N4O3S/c1-16-17(4-5-18-20(16)15-32-23(18)30)6-11-28-12-7-25(8-13-28)9-14-29(24(25)31)22-19-3-2-10-26-21(19)27-33-22/h2-5,10H,6-9,11-15H2,1H3. The number of likely N-dealkylation sites (tertiary alicyclic amines) is 1. The van der Waals surface area contributed by atoms with Gasteiger partial charge in [0, 0.05) is 24.8 Å². The number of esters is 1. The number of benzene rings is 1. The first kappa shape index (κ1) is 20.7. The summed E-state index contributed by atoms with van der Waals surface area (Å²) in [6.07, 6.45) is 5.41. The van der Waals surface area contributed by atoms with Crippen LogP contribution in [0.15, 0.2) is 30.5 Å². The fraction of sp³-hybridized carbons (Fsp3) is 0.440. The number of fused-ring (bicyclic) bond motifs is 2. The maximum absolute atomic E-state index is 13.5. The van der Waals surface area contributed by atoms with Gasteiger partial charge in [0.25, 0.3) is 0 Å². The molecular weight excluding hydrogens is 436 g/mol. The molecule has 7 nitrogen and oxygen atoms in total. The predicted octanol–water partition coefficient (Wildman–Crippen LogP) is 3.73. The second-order valence-corrected chi connectivity index (χ2v) is 10.1. The van der Waals surface area contributed by atoms with Gasteiger partial charge in [0.2, 0.25) is 5.91 Å². The number of nitrogens with zero attached hydrogens (tertiary/aromatic N) is 4. The zero-order valence-corrected chi connectivity index (χ0v) is 19.5. The van der Waals surface area contributed by atoms with Crippen LogP contribution < -0.4 is 4.90 Å². The van der Waals surface area contributed by atoms with Crippen LogP contribution in [0.3, 0.4) is 0 Å². The number of pyridine rings is 1. The molecule has 0 atom stereocenters. The molecule has 0 unspecified atom stereocenters. The SMILES string of the molecule is Cc1c(CCN2CCC3(CC2)CCN(c2snc4ncccc24)C3=O)ccc2c1COC2=O. The van der Waals surface area contributed by atoms with Crippen LogP contribution in [-0.2, 0) is 22.6 Å². The highest BCUT2D eigenvalue weighted by Crippen LogP contribution is 2.45. The summed E-state index contributed by atoms with van der Waals surface area (Å²) < 4.78 is 9.62. The molecule has 6 rings (SSSR count). The minimum atomic E-state index is -0.240. The molecule has 2 saturated heterocycles. The van der Waals surface area contributed by atoms with Gasteiger partial charge in [0.05, 0.1) is 16.4 Å². The Bertz CT molecular complexity index is 1260. The molecule has 170 valence electrons. The van der Waals surface area contributed by atoms with Crippen LogP contribution in [0, 0.1) is 12.3 Å². The Morgan fingerprint density at radius 1 is 1.12 bits per heavy atom. The Labute approximate surface area is 196 Å². The first-order chi connectivity index (χ1) is 16.1. The number of aromatic nitrogens is 2. The van der Waals surface area contributed by atoms with Crippen molar-refractivity contribution >= 4 is 39.4 Å². The monoisotopic (exact) mass is 462 g/mol. The van der Waals surface area contributed by atoms with Crippen molar-refractivity contribution in [1.29, 1.82) is 0 Å². The molecule has 1 amide bonds. The minimum absolute atomic E-state index is 0.209. The van der Waals surface area contributed by atoms with Crippen LogP contribution in [0.4, 0.5) is 5.00 Å². The summed E-state index contributed by atoms with van der Waals surface area (Å²) in [5.74, 6) is 0.0505. The van der Waals surface area contributed by atoms with E-state index in [4.69, 9.17) is 4.74 Å². The normalized spacial score (nSPS) is 20.1. The van der Waals surface area contributed by atoms with E-state index in [1.165, 1.54) is 22.7 Å². The molecule has 0 N–H and O–H groups in total. The lowest BCUT2D eigenvalue weighted by Crippen LogP contribution is -2.45. The Hall–Kier alpha value is -2.84. The molecule has 2 aromatic heterocycles. The summed E-state index contributed by atoms with van der Waals surface area (Å²) >= 11 is 1.38. The van der Waals surface area contributed by atoms with Gasteiger partial charge in [-0.15, -0.1) is 0 Å². The van der Waals surface area contributed by atoms with Gasteiger partial charge < -0.3 is 14.5 Å². The van der Waals surface area contributed by atoms with E-state index in [1.807, 2.05) is 23.1 Å². The number of ether oxygens (including phenoxy) is 1. The van der Waals surface area contributed by atoms with E-state index in [1.54, 1.807) is 6.20 Å². The van der Waals surface area contributed by atoms with Gasteiger partial charge in [0.15, 0.2) is 5.65 Å². The van der Waals surface area contributed by atoms with Crippen LogP contribution in [0.2, 0.25) is 0 Å². The molecule has 33 heavy (non-hydrogen) atoms. The summed E-state index contributed by atoms with van der Waals surface area (Å²) in [5.41, 5.74) is 4.69. The molecule has 3 aromatic rings. The maximum Gasteiger partial charge on any atom is 0.338 e. The van der Waals surface area contributed by atoms with Crippen LogP contribution >= 0.6 is 11.5 Å². The largest absolute Gasteiger partial charge is 0.457 e. The average Bonchev–Trinajstić information content (AvgIpc) is 3.52. The minimum Gasteiger partial charge on any atom is -0.457 e. The summed E-state index contributed by atoms with van der Waals surface area (Å²) in [6.45, 7) is 6.09. The highest BCUT2D eigenvalue weighted by molar-refractivity contribution is 7.12. The summed E-state index contributed by atoms with van der Waals surface area (Å²) in [6, 6.07) is 7.88. The molecule has 0 bridgehead atoms. The molecule has 5 heterocycles. The number of cyclic esters (lactones) is 1. The molecule has 0 radical (unpaired) electrons. The van der Waals surface area contributed by atoms with Gasteiger partial charge in [-0.05, 0) is 86.6 Å². The highest BCUT2D eigenvalue weighted by Gasteiger charge is 2.49. The van der Waals surface area contributed by atoms with E-state index in [0.29, 0.717) is 12.2 Å². The van der Waals surface area contributed by atoms with Crippen molar-refractivity contribution < 1.29 is 14.3 Å². The van der Waals surface area contributed by atoms with Crippen LogP contribution in [0.1, 0.15) is 46.3 Å². The van der Waals surface area contributed by atoms with Crippen molar-refractivity contribution in [3.8, 4) is 0 Å². The molecule has 1 aromatic carbocycles. The Balaban J connectivity index is 1.10. The van der Waals surface area contributed by atoms with Crippen LogP contribution in [0.5, 0.6) is 0 Å². The molecule has 0 aliphatic carbocycles. The number of carbonyl (C=O) groups is 2. The van der Waals surface area contributed by atoms with Gasteiger partial charge >= 0.3 is 5.97 Å². The molecule has 2 fully saturated rings. The predicted molar refractivity (Wildman–Crippen MR) is 126 cm³/mol. The number of hydrogen-bond acceptors (Lipinski definition) is 7. The molecular formula is C25H26N4O3S. The average molecular weight is 463 g/mol. The molecule has 3 aliphatic rings. The van der Waals surface area contributed by atoms with Gasteiger partial charge in [0.1, 0.15) is 11.6 Å². The van der Waals surface area contributed by atoms with Crippen molar-refractivity contribution in [1.82, 2.24) is 14.3 Å². The number of carbonyl (C=O) groups excluding carboxylic acids is 2. The molecule has 8 heteroatoms. The topological polar surface area (TPSA) is 75.6 Å². The third-order valence-corrected chi connectivity index (χ3v) is 8.66. The van der Waals surface area contributed by atoms with Gasteiger partial charge in [-0.3, -0.25) is 4.79 Å². The molecule has 3 aliphatic heterocycles. The second-order valence-electron chi connectivity index (χ2n) is 9.39. The number of rotatable bonds is 4. The van der Waals surface area contributed by atoms with Crippen molar-refractivity contribution in [2.24, 2.45) is 5.41 Å². The van der Waals surface area contributed by atoms with Crippen LogP contribution in [0.25, 0.3) is 11.0 Å². The molecule has 0 saturated carbocycles. The quantitative estimate of drug-likeness (QED) is 0.550. The number of hydrogen-bond donors (Lipinski definition) is 0. The van der Waals surface area contributed by atoms with Crippen molar-refractivity contribution in [2.45, 2.75) is 39.2 Å². The van der Waals surface area contributed by atoms with Gasteiger partial charge in [-0.2, -0.15) is 4.37 Å². The first-order valence-electron chi connectivity index (χ1n) is 11.6. The van der Waals surface area contributed by atoms with Crippen molar-refractivity contribution in [2.75, 3.05) is 31.1 Å². The lowest BCUT2D eigenvalue weighted by Gasteiger charge is -2.38. The third kappa shape index (κ3) is 3.35. The zero-order chi connectivity index (χ0) is 22.6. The van der Waals surface area contributed by atoms with Gasteiger partial charge in [-0.25, -0.2) is 9.78 Å². The number of anilines is 1. The Kier molecular flexibility index (Phi) is 4.96. The Morgan fingerprint density at radius 2 is 1.94 bits per heavy atom. The van der Waals surface area contributed by atoms with E-state index in [-0.39, 0.29) is 17.3 Å². The number of amides is 1. The summed E-state index contributed by atoms with van der Waals surface area (Å²) in [4.78, 5) is 34.0. The lowest BCUT2D eigenvalue weighted by atomic mass is 9.77. The molecule has 1 spiro atoms.